The van der Waals surface area contributed by atoms with Crippen molar-refractivity contribution < 1.29 is 9.18 Å². The first-order valence-electron chi connectivity index (χ1n) is 6.56. The van der Waals surface area contributed by atoms with Gasteiger partial charge < -0.3 is 15.5 Å². The highest BCUT2D eigenvalue weighted by molar-refractivity contribution is 5.96. The summed E-state index contributed by atoms with van der Waals surface area (Å²) in [6.07, 6.45) is 0. The molecule has 0 bridgehead atoms. The van der Waals surface area contributed by atoms with Crippen LogP contribution >= 0.6 is 0 Å². The van der Waals surface area contributed by atoms with Crippen LogP contribution in [0.15, 0.2) is 48.5 Å². The van der Waals surface area contributed by atoms with Crippen LogP contribution in [-0.2, 0) is 4.79 Å². The van der Waals surface area contributed by atoms with E-state index in [1.807, 2.05) is 0 Å². The monoisotopic (exact) mass is 287 g/mol. The Hall–Kier alpha value is -2.56. The van der Waals surface area contributed by atoms with Crippen molar-refractivity contribution in [1.29, 1.82) is 0 Å². The Morgan fingerprint density at radius 2 is 1.76 bits per heavy atom. The van der Waals surface area contributed by atoms with Crippen molar-refractivity contribution in [3.05, 3.63) is 54.3 Å². The summed E-state index contributed by atoms with van der Waals surface area (Å²) in [5.41, 5.74) is 7.70. The molecule has 2 N–H and O–H groups in total. The lowest BCUT2D eigenvalue weighted by Gasteiger charge is -2.23. The van der Waals surface area contributed by atoms with Crippen molar-refractivity contribution >= 4 is 23.0 Å². The van der Waals surface area contributed by atoms with Gasteiger partial charge in [-0.05, 0) is 42.5 Å². The number of likely N-dealkylation sites (N-methyl/N-ethyl adjacent to an activating group) is 2. The van der Waals surface area contributed by atoms with E-state index in [0.29, 0.717) is 11.4 Å². The third-order valence-electron chi connectivity index (χ3n) is 3.28. The molecule has 0 radical (unpaired) electrons. The third kappa shape index (κ3) is 3.72. The number of anilines is 3. The standard InChI is InChI=1S/C16H18FN3O/c1-19(15-5-3-4-12(17)10-15)11-16(21)20(2)14-8-6-13(18)7-9-14/h3-10H,11,18H2,1-2H3. The summed E-state index contributed by atoms with van der Waals surface area (Å²) in [7, 11) is 3.46. The fourth-order valence-corrected chi connectivity index (χ4v) is 1.96. The van der Waals surface area contributed by atoms with Crippen LogP contribution in [0.2, 0.25) is 0 Å². The highest BCUT2D eigenvalue weighted by Crippen LogP contribution is 2.17. The topological polar surface area (TPSA) is 49.6 Å². The van der Waals surface area contributed by atoms with Gasteiger partial charge in [0.1, 0.15) is 5.82 Å². The normalized spacial score (nSPS) is 10.2. The van der Waals surface area contributed by atoms with Crippen LogP contribution in [0.5, 0.6) is 0 Å². The number of hydrogen-bond donors (Lipinski definition) is 1. The third-order valence-corrected chi connectivity index (χ3v) is 3.28. The largest absolute Gasteiger partial charge is 0.399 e. The molecule has 0 aliphatic carbocycles. The van der Waals surface area contributed by atoms with Crippen LogP contribution in [-0.4, -0.2) is 26.5 Å². The molecule has 110 valence electrons. The Morgan fingerprint density at radius 1 is 1.10 bits per heavy atom. The summed E-state index contributed by atoms with van der Waals surface area (Å²) in [4.78, 5) is 15.5. The van der Waals surface area contributed by atoms with E-state index >= 15 is 0 Å². The molecule has 2 rings (SSSR count). The minimum Gasteiger partial charge on any atom is -0.399 e. The highest BCUT2D eigenvalue weighted by Gasteiger charge is 2.14. The van der Waals surface area contributed by atoms with Gasteiger partial charge in [-0.2, -0.15) is 0 Å². The molecular formula is C16H18FN3O. The highest BCUT2D eigenvalue weighted by atomic mass is 19.1. The first-order chi connectivity index (χ1) is 9.97. The zero-order valence-electron chi connectivity index (χ0n) is 12.1. The summed E-state index contributed by atoms with van der Waals surface area (Å²) in [5.74, 6) is -0.412. The average molecular weight is 287 g/mol. The number of hydrogen-bond acceptors (Lipinski definition) is 3. The van der Waals surface area contributed by atoms with E-state index in [4.69, 9.17) is 5.73 Å². The molecule has 0 heterocycles. The molecule has 1 amide bonds. The van der Waals surface area contributed by atoms with Crippen molar-refractivity contribution in [1.82, 2.24) is 0 Å². The maximum atomic E-state index is 13.2. The minimum absolute atomic E-state index is 0.0912. The van der Waals surface area contributed by atoms with Crippen molar-refractivity contribution in [2.75, 3.05) is 36.2 Å². The van der Waals surface area contributed by atoms with Gasteiger partial charge in [-0.3, -0.25) is 4.79 Å². The van der Waals surface area contributed by atoms with Crippen LogP contribution in [0.1, 0.15) is 0 Å². The fourth-order valence-electron chi connectivity index (χ4n) is 1.96. The van der Waals surface area contributed by atoms with Gasteiger partial charge in [-0.25, -0.2) is 4.39 Å². The summed E-state index contributed by atoms with van der Waals surface area (Å²) < 4.78 is 13.2. The van der Waals surface area contributed by atoms with E-state index in [-0.39, 0.29) is 18.3 Å². The van der Waals surface area contributed by atoms with Crippen LogP contribution < -0.4 is 15.5 Å². The molecule has 0 saturated carbocycles. The Morgan fingerprint density at radius 3 is 2.38 bits per heavy atom. The predicted octanol–water partition coefficient (Wildman–Crippen LogP) is 2.51. The molecule has 0 spiro atoms. The number of rotatable bonds is 4. The lowest BCUT2D eigenvalue weighted by molar-refractivity contribution is -0.117. The second-order valence-corrected chi connectivity index (χ2v) is 4.88. The maximum Gasteiger partial charge on any atom is 0.246 e. The van der Waals surface area contributed by atoms with Gasteiger partial charge in [0.2, 0.25) is 5.91 Å². The minimum atomic E-state index is -0.321. The molecule has 0 atom stereocenters. The van der Waals surface area contributed by atoms with Gasteiger partial charge in [-0.1, -0.05) is 6.07 Å². The number of nitrogens with two attached hydrogens (primary N) is 1. The van der Waals surface area contributed by atoms with E-state index in [1.54, 1.807) is 60.3 Å². The smallest absolute Gasteiger partial charge is 0.246 e. The first kappa shape index (κ1) is 14.8. The lowest BCUT2D eigenvalue weighted by atomic mass is 10.2. The molecule has 0 fully saturated rings. The SMILES string of the molecule is CN(CC(=O)N(C)c1ccc(N)cc1)c1cccc(F)c1. The molecule has 0 unspecified atom stereocenters. The van der Waals surface area contributed by atoms with E-state index in [9.17, 15) is 9.18 Å². The second-order valence-electron chi connectivity index (χ2n) is 4.88. The zero-order valence-corrected chi connectivity index (χ0v) is 12.1. The molecule has 4 nitrogen and oxygen atoms in total. The summed E-state index contributed by atoms with van der Waals surface area (Å²) in [6, 6.07) is 13.2. The van der Waals surface area contributed by atoms with Gasteiger partial charge in [0.15, 0.2) is 0 Å². The van der Waals surface area contributed by atoms with E-state index in [1.165, 1.54) is 12.1 Å². The molecule has 0 aliphatic rings. The van der Waals surface area contributed by atoms with Gasteiger partial charge in [0, 0.05) is 31.2 Å². The lowest BCUT2D eigenvalue weighted by Crippen LogP contribution is -2.36. The molecule has 21 heavy (non-hydrogen) atoms. The zero-order chi connectivity index (χ0) is 15.4. The number of amides is 1. The number of benzene rings is 2. The van der Waals surface area contributed by atoms with Gasteiger partial charge >= 0.3 is 0 Å². The van der Waals surface area contributed by atoms with Crippen LogP contribution in [0.3, 0.4) is 0 Å². The Bertz CT molecular complexity index is 628. The van der Waals surface area contributed by atoms with Gasteiger partial charge in [0.25, 0.3) is 0 Å². The summed E-state index contributed by atoms with van der Waals surface area (Å²) in [6.45, 7) is 0.157. The first-order valence-corrected chi connectivity index (χ1v) is 6.56. The number of carbonyl (C=O) groups is 1. The Labute approximate surface area is 123 Å². The van der Waals surface area contributed by atoms with E-state index < -0.39 is 0 Å². The maximum absolute atomic E-state index is 13.2. The number of carbonyl (C=O) groups excluding carboxylic acids is 1. The van der Waals surface area contributed by atoms with Crippen molar-refractivity contribution in [2.45, 2.75) is 0 Å². The summed E-state index contributed by atoms with van der Waals surface area (Å²) in [5, 5.41) is 0. The van der Waals surface area contributed by atoms with Crippen LogP contribution in [0.4, 0.5) is 21.5 Å². The molecule has 2 aromatic rings. The van der Waals surface area contributed by atoms with Gasteiger partial charge in [-0.15, -0.1) is 0 Å². The van der Waals surface area contributed by atoms with Crippen molar-refractivity contribution in [3.8, 4) is 0 Å². The number of nitrogens with zero attached hydrogens (tertiary/aromatic N) is 2. The molecule has 5 heteroatoms. The molecule has 0 saturated heterocycles. The summed E-state index contributed by atoms with van der Waals surface area (Å²) >= 11 is 0. The molecule has 0 aromatic heterocycles. The van der Waals surface area contributed by atoms with Crippen molar-refractivity contribution in [2.24, 2.45) is 0 Å². The quantitative estimate of drug-likeness (QED) is 0.879. The second kappa shape index (κ2) is 6.26. The Balaban J connectivity index is 2.05. The molecule has 2 aromatic carbocycles. The average Bonchev–Trinajstić information content (AvgIpc) is 2.47. The van der Waals surface area contributed by atoms with E-state index in [0.717, 1.165) is 5.69 Å². The fraction of sp³-hybridized carbons (Fsp3) is 0.188. The molecular weight excluding hydrogens is 269 g/mol. The van der Waals surface area contributed by atoms with Crippen molar-refractivity contribution in [3.63, 3.8) is 0 Å². The van der Waals surface area contributed by atoms with Gasteiger partial charge in [0.05, 0.1) is 6.54 Å². The van der Waals surface area contributed by atoms with Crippen LogP contribution in [0.25, 0.3) is 0 Å². The predicted molar refractivity (Wildman–Crippen MR) is 83.9 cm³/mol. The number of halogens is 1. The number of nitrogen functional groups attached to an aromatic ring is 1. The Kier molecular flexibility index (Phi) is 4.42. The van der Waals surface area contributed by atoms with E-state index in [2.05, 4.69) is 0 Å². The molecule has 0 aliphatic heterocycles. The van der Waals surface area contributed by atoms with Crippen LogP contribution in [0, 0.1) is 5.82 Å².